The molecule has 0 unspecified atom stereocenters. The average Bonchev–Trinajstić information content (AvgIpc) is 2.60. The zero-order valence-corrected chi connectivity index (χ0v) is 15.1. The van der Waals surface area contributed by atoms with E-state index in [9.17, 15) is 9.59 Å². The maximum absolute atomic E-state index is 12.5. The van der Waals surface area contributed by atoms with Crippen LogP contribution in [0, 0.1) is 0 Å². The second-order valence-electron chi connectivity index (χ2n) is 6.80. The molecular weight excluding hydrogens is 320 g/mol. The maximum atomic E-state index is 12.5. The van der Waals surface area contributed by atoms with Crippen molar-refractivity contribution in [1.29, 1.82) is 0 Å². The number of carboxylic acid groups (broad SMARTS) is 1. The number of carbonyl (C=O) groups is 2. The number of carbonyl (C=O) groups excluding carboxylic acids is 1. The molecule has 6 heteroatoms. The van der Waals surface area contributed by atoms with Gasteiger partial charge in [0.05, 0.1) is 6.54 Å². The fourth-order valence-electron chi connectivity index (χ4n) is 3.14. The van der Waals surface area contributed by atoms with E-state index >= 15 is 0 Å². The van der Waals surface area contributed by atoms with E-state index < -0.39 is 5.97 Å². The van der Waals surface area contributed by atoms with Crippen molar-refractivity contribution in [2.75, 3.05) is 19.6 Å². The smallest absolute Gasteiger partial charge is 0.410 e. The van der Waals surface area contributed by atoms with Gasteiger partial charge in [-0.1, -0.05) is 30.3 Å². The standard InChI is InChI=1S/C19H28N2O4/c1-15(2)20(13-18(22)23)12-17-10-6-7-11-21(17)19(24)25-14-16-8-4-3-5-9-16/h3-5,8-9,15,17H,6-7,10-14H2,1-2H3,(H,22,23)/t17-/m0/s1. The van der Waals surface area contributed by atoms with Crippen molar-refractivity contribution in [3.63, 3.8) is 0 Å². The van der Waals surface area contributed by atoms with Crippen LogP contribution in [0.15, 0.2) is 30.3 Å². The molecule has 0 radical (unpaired) electrons. The maximum Gasteiger partial charge on any atom is 0.410 e. The molecule has 0 saturated carbocycles. The lowest BCUT2D eigenvalue weighted by Crippen LogP contribution is -2.51. The number of benzene rings is 1. The molecule has 1 heterocycles. The molecule has 0 bridgehead atoms. The molecule has 1 aliphatic heterocycles. The summed E-state index contributed by atoms with van der Waals surface area (Å²) in [5, 5.41) is 9.10. The first kappa shape index (κ1) is 19.2. The van der Waals surface area contributed by atoms with E-state index in [2.05, 4.69) is 0 Å². The molecule has 138 valence electrons. The monoisotopic (exact) mass is 348 g/mol. The Morgan fingerprint density at radius 3 is 2.64 bits per heavy atom. The van der Waals surface area contributed by atoms with Crippen LogP contribution < -0.4 is 0 Å². The van der Waals surface area contributed by atoms with Gasteiger partial charge in [0.15, 0.2) is 0 Å². The summed E-state index contributed by atoms with van der Waals surface area (Å²) >= 11 is 0. The van der Waals surface area contributed by atoms with Crippen LogP contribution in [0.25, 0.3) is 0 Å². The molecule has 1 atom stereocenters. The summed E-state index contributed by atoms with van der Waals surface area (Å²) in [7, 11) is 0. The normalized spacial score (nSPS) is 17.8. The van der Waals surface area contributed by atoms with Crippen molar-refractivity contribution in [1.82, 2.24) is 9.80 Å². The predicted molar refractivity (Wildman–Crippen MR) is 95.3 cm³/mol. The Morgan fingerprint density at radius 2 is 2.00 bits per heavy atom. The first-order valence-corrected chi connectivity index (χ1v) is 8.90. The van der Waals surface area contributed by atoms with E-state index in [1.807, 2.05) is 49.1 Å². The summed E-state index contributed by atoms with van der Waals surface area (Å²) in [6.45, 7) is 5.42. The van der Waals surface area contributed by atoms with Crippen molar-refractivity contribution in [2.45, 2.75) is 51.8 Å². The van der Waals surface area contributed by atoms with Crippen molar-refractivity contribution < 1.29 is 19.4 Å². The summed E-state index contributed by atoms with van der Waals surface area (Å²) in [6.07, 6.45) is 2.57. The molecule has 1 fully saturated rings. The highest BCUT2D eigenvalue weighted by Gasteiger charge is 2.30. The molecule has 0 aromatic heterocycles. The zero-order valence-electron chi connectivity index (χ0n) is 15.1. The highest BCUT2D eigenvalue weighted by atomic mass is 16.6. The van der Waals surface area contributed by atoms with Gasteiger partial charge in [-0.05, 0) is 38.7 Å². The Bertz CT molecular complexity index is 562. The second-order valence-corrected chi connectivity index (χ2v) is 6.80. The molecular formula is C19H28N2O4. The molecule has 1 amide bonds. The Kier molecular flexibility index (Phi) is 7.25. The molecule has 1 aromatic carbocycles. The van der Waals surface area contributed by atoms with Crippen LogP contribution in [0.1, 0.15) is 38.7 Å². The fraction of sp³-hybridized carbons (Fsp3) is 0.579. The third-order valence-corrected chi connectivity index (χ3v) is 4.58. The third kappa shape index (κ3) is 6.05. The number of ether oxygens (including phenoxy) is 1. The van der Waals surface area contributed by atoms with Gasteiger partial charge in [-0.25, -0.2) is 4.79 Å². The molecule has 6 nitrogen and oxygen atoms in total. The molecule has 25 heavy (non-hydrogen) atoms. The first-order valence-electron chi connectivity index (χ1n) is 8.90. The average molecular weight is 348 g/mol. The highest BCUT2D eigenvalue weighted by molar-refractivity contribution is 5.69. The number of hydrogen-bond acceptors (Lipinski definition) is 4. The Labute approximate surface area is 149 Å². The molecule has 1 N–H and O–H groups in total. The van der Waals surface area contributed by atoms with Gasteiger partial charge in [0.25, 0.3) is 0 Å². The van der Waals surface area contributed by atoms with E-state index in [1.54, 1.807) is 4.90 Å². The minimum absolute atomic E-state index is 0.00114. The number of likely N-dealkylation sites (tertiary alicyclic amines) is 1. The van der Waals surface area contributed by atoms with Crippen LogP contribution in [0.3, 0.4) is 0 Å². The molecule has 1 aromatic rings. The lowest BCUT2D eigenvalue weighted by atomic mass is 10.0. The third-order valence-electron chi connectivity index (χ3n) is 4.58. The number of rotatable bonds is 7. The van der Waals surface area contributed by atoms with Gasteiger partial charge < -0.3 is 14.7 Å². The number of carboxylic acids is 1. The molecule has 1 aliphatic rings. The van der Waals surface area contributed by atoms with Crippen LogP contribution in [0.2, 0.25) is 0 Å². The quantitative estimate of drug-likeness (QED) is 0.820. The molecule has 0 spiro atoms. The minimum Gasteiger partial charge on any atom is -0.480 e. The zero-order chi connectivity index (χ0) is 18.2. The lowest BCUT2D eigenvalue weighted by Gasteiger charge is -2.38. The van der Waals surface area contributed by atoms with E-state index in [4.69, 9.17) is 9.84 Å². The fourth-order valence-corrected chi connectivity index (χ4v) is 3.14. The minimum atomic E-state index is -0.845. The van der Waals surface area contributed by atoms with Crippen molar-refractivity contribution in [3.8, 4) is 0 Å². The Balaban J connectivity index is 1.96. The van der Waals surface area contributed by atoms with Gasteiger partial charge in [-0.15, -0.1) is 0 Å². The van der Waals surface area contributed by atoms with Crippen LogP contribution >= 0.6 is 0 Å². The first-order chi connectivity index (χ1) is 12.0. The summed E-state index contributed by atoms with van der Waals surface area (Å²) in [5.41, 5.74) is 0.957. The highest BCUT2D eigenvalue weighted by Crippen LogP contribution is 2.20. The van der Waals surface area contributed by atoms with Crippen molar-refractivity contribution in [2.24, 2.45) is 0 Å². The Morgan fingerprint density at radius 1 is 1.28 bits per heavy atom. The van der Waals surface area contributed by atoms with E-state index in [-0.39, 0.29) is 31.3 Å². The van der Waals surface area contributed by atoms with E-state index in [1.165, 1.54) is 0 Å². The SMILES string of the molecule is CC(C)N(CC(=O)O)C[C@@H]1CCCCN1C(=O)OCc1ccccc1. The molecule has 0 aliphatic carbocycles. The lowest BCUT2D eigenvalue weighted by molar-refractivity contribution is -0.139. The number of aliphatic carboxylic acids is 1. The van der Waals surface area contributed by atoms with Gasteiger partial charge in [-0.2, -0.15) is 0 Å². The number of piperidine rings is 1. The van der Waals surface area contributed by atoms with Crippen LogP contribution in [0.4, 0.5) is 4.79 Å². The summed E-state index contributed by atoms with van der Waals surface area (Å²) in [6, 6.07) is 9.72. The second kappa shape index (κ2) is 9.42. The largest absolute Gasteiger partial charge is 0.480 e. The van der Waals surface area contributed by atoms with Crippen LogP contribution in [-0.2, 0) is 16.1 Å². The summed E-state index contributed by atoms with van der Waals surface area (Å²) < 4.78 is 5.47. The van der Waals surface area contributed by atoms with Crippen LogP contribution in [0.5, 0.6) is 0 Å². The number of hydrogen-bond donors (Lipinski definition) is 1. The van der Waals surface area contributed by atoms with Gasteiger partial charge in [-0.3, -0.25) is 9.69 Å². The van der Waals surface area contributed by atoms with Crippen molar-refractivity contribution in [3.05, 3.63) is 35.9 Å². The summed E-state index contributed by atoms with van der Waals surface area (Å²) in [5.74, 6) is -0.845. The predicted octanol–water partition coefficient (Wildman–Crippen LogP) is 2.97. The molecule has 2 rings (SSSR count). The van der Waals surface area contributed by atoms with Gasteiger partial charge in [0.2, 0.25) is 0 Å². The summed E-state index contributed by atoms with van der Waals surface area (Å²) in [4.78, 5) is 27.3. The number of nitrogens with zero attached hydrogens (tertiary/aromatic N) is 2. The number of amides is 1. The van der Waals surface area contributed by atoms with Crippen molar-refractivity contribution >= 4 is 12.1 Å². The van der Waals surface area contributed by atoms with E-state index in [0.717, 1.165) is 24.8 Å². The topological polar surface area (TPSA) is 70.1 Å². The Hall–Kier alpha value is -2.08. The van der Waals surface area contributed by atoms with Gasteiger partial charge in [0.1, 0.15) is 6.61 Å². The van der Waals surface area contributed by atoms with Gasteiger partial charge in [0, 0.05) is 25.2 Å². The van der Waals surface area contributed by atoms with Crippen LogP contribution in [-0.4, -0.2) is 58.7 Å². The molecule has 1 saturated heterocycles. The van der Waals surface area contributed by atoms with E-state index in [0.29, 0.717) is 13.1 Å². The van der Waals surface area contributed by atoms with Gasteiger partial charge >= 0.3 is 12.1 Å².